The smallest absolute Gasteiger partial charge is 0.310 e. The van der Waals surface area contributed by atoms with Crippen LogP contribution in [0.2, 0.25) is 0 Å². The average molecular weight is 286 g/mol. The summed E-state index contributed by atoms with van der Waals surface area (Å²) in [6.45, 7) is 1.98. The third-order valence-corrected chi connectivity index (χ3v) is 2.67. The highest BCUT2D eigenvalue weighted by atomic mass is 79.9. The van der Waals surface area contributed by atoms with Crippen molar-refractivity contribution in [3.8, 4) is 6.07 Å². The number of esters is 1. The summed E-state index contributed by atoms with van der Waals surface area (Å²) in [4.78, 5) is 11.2. The number of benzene rings is 1. The molecule has 3 nitrogen and oxygen atoms in total. The Labute approximate surface area is 101 Å². The van der Waals surface area contributed by atoms with Crippen molar-refractivity contribution >= 4 is 21.9 Å². The summed E-state index contributed by atoms with van der Waals surface area (Å²) >= 11 is 2.96. The van der Waals surface area contributed by atoms with Crippen LogP contribution in [0, 0.1) is 17.1 Å². The minimum absolute atomic E-state index is 0.0350. The lowest BCUT2D eigenvalue weighted by molar-refractivity contribution is -0.142. The van der Waals surface area contributed by atoms with E-state index in [1.54, 1.807) is 6.92 Å². The molecule has 0 aromatic heterocycles. The quantitative estimate of drug-likeness (QED) is 0.802. The number of hydrogen-bond acceptors (Lipinski definition) is 3. The van der Waals surface area contributed by atoms with Gasteiger partial charge in [0.2, 0.25) is 0 Å². The first-order valence-electron chi connectivity index (χ1n) is 4.62. The standard InChI is InChI=1S/C11H9BrFNO2/c1-2-16-10(15)5-7-3-8(6-14)11(12)9(13)4-7/h3-4H,2,5H2,1H3. The Morgan fingerprint density at radius 2 is 2.31 bits per heavy atom. The van der Waals surface area contributed by atoms with Crippen molar-refractivity contribution in [3.05, 3.63) is 33.5 Å². The molecule has 0 heterocycles. The maximum atomic E-state index is 13.3. The number of rotatable bonds is 3. The van der Waals surface area contributed by atoms with Crippen LogP contribution >= 0.6 is 15.9 Å². The van der Waals surface area contributed by atoms with E-state index in [-0.39, 0.29) is 23.1 Å². The molecule has 0 fully saturated rings. The Morgan fingerprint density at radius 3 is 2.88 bits per heavy atom. The van der Waals surface area contributed by atoms with Gasteiger partial charge in [0.1, 0.15) is 11.9 Å². The van der Waals surface area contributed by atoms with Crippen LogP contribution in [-0.4, -0.2) is 12.6 Å². The number of nitriles is 1. The molecule has 0 spiro atoms. The normalized spacial score (nSPS) is 9.62. The highest BCUT2D eigenvalue weighted by Gasteiger charge is 2.11. The second-order valence-electron chi connectivity index (χ2n) is 3.03. The van der Waals surface area contributed by atoms with Crippen molar-refractivity contribution in [2.45, 2.75) is 13.3 Å². The molecule has 1 rings (SSSR count). The Hall–Kier alpha value is -1.41. The highest BCUT2D eigenvalue weighted by Crippen LogP contribution is 2.22. The summed E-state index contributed by atoms with van der Waals surface area (Å²) in [7, 11) is 0. The SMILES string of the molecule is CCOC(=O)Cc1cc(F)c(Br)c(C#N)c1. The Kier molecular flexibility index (Phi) is 4.44. The van der Waals surface area contributed by atoms with E-state index >= 15 is 0 Å². The fraction of sp³-hybridized carbons (Fsp3) is 0.273. The van der Waals surface area contributed by atoms with Crippen molar-refractivity contribution in [1.82, 2.24) is 0 Å². The van der Waals surface area contributed by atoms with Gasteiger partial charge in [-0.3, -0.25) is 4.79 Å². The van der Waals surface area contributed by atoms with Crippen LogP contribution in [0.4, 0.5) is 4.39 Å². The summed E-state index contributed by atoms with van der Waals surface area (Å²) in [6, 6.07) is 4.52. The zero-order valence-electron chi connectivity index (χ0n) is 8.59. The molecule has 0 saturated heterocycles. The molecule has 0 aliphatic rings. The molecule has 0 saturated carbocycles. The highest BCUT2D eigenvalue weighted by molar-refractivity contribution is 9.10. The fourth-order valence-corrected chi connectivity index (χ4v) is 1.52. The van der Waals surface area contributed by atoms with E-state index in [4.69, 9.17) is 10.00 Å². The van der Waals surface area contributed by atoms with Crippen LogP contribution in [0.25, 0.3) is 0 Å². The van der Waals surface area contributed by atoms with E-state index in [9.17, 15) is 9.18 Å². The van der Waals surface area contributed by atoms with E-state index in [1.807, 2.05) is 6.07 Å². The largest absolute Gasteiger partial charge is 0.466 e. The van der Waals surface area contributed by atoms with Gasteiger partial charge in [-0.15, -0.1) is 0 Å². The maximum absolute atomic E-state index is 13.3. The predicted molar refractivity (Wildman–Crippen MR) is 59.2 cm³/mol. The van der Waals surface area contributed by atoms with Crippen LogP contribution in [-0.2, 0) is 16.0 Å². The topological polar surface area (TPSA) is 50.1 Å². The van der Waals surface area contributed by atoms with Crippen molar-refractivity contribution < 1.29 is 13.9 Å². The lowest BCUT2D eigenvalue weighted by Crippen LogP contribution is -2.08. The van der Waals surface area contributed by atoms with Gasteiger partial charge in [0.25, 0.3) is 0 Å². The van der Waals surface area contributed by atoms with Crippen molar-refractivity contribution in [2.24, 2.45) is 0 Å². The first-order chi connectivity index (χ1) is 7.58. The van der Waals surface area contributed by atoms with Gasteiger partial charge in [-0.1, -0.05) is 0 Å². The van der Waals surface area contributed by atoms with Crippen molar-refractivity contribution in [3.63, 3.8) is 0 Å². The first-order valence-corrected chi connectivity index (χ1v) is 5.41. The molecular weight excluding hydrogens is 277 g/mol. The zero-order valence-corrected chi connectivity index (χ0v) is 10.2. The first kappa shape index (κ1) is 12.7. The molecule has 84 valence electrons. The number of hydrogen-bond donors (Lipinski definition) is 0. The van der Waals surface area contributed by atoms with Gasteiger partial charge in [-0.25, -0.2) is 4.39 Å². The molecule has 0 unspecified atom stereocenters. The van der Waals surface area contributed by atoms with Gasteiger partial charge >= 0.3 is 5.97 Å². The molecule has 0 amide bonds. The van der Waals surface area contributed by atoms with Gasteiger partial charge in [-0.2, -0.15) is 5.26 Å². The maximum Gasteiger partial charge on any atom is 0.310 e. The Balaban J connectivity index is 2.95. The number of nitrogens with zero attached hydrogens (tertiary/aromatic N) is 1. The number of ether oxygens (including phenoxy) is 1. The zero-order chi connectivity index (χ0) is 12.1. The van der Waals surface area contributed by atoms with Gasteiger partial charge < -0.3 is 4.74 Å². The lowest BCUT2D eigenvalue weighted by Gasteiger charge is -2.04. The predicted octanol–water partition coefficient (Wildman–Crippen LogP) is 2.57. The summed E-state index contributed by atoms with van der Waals surface area (Å²) in [5, 5.41) is 8.74. The molecule has 16 heavy (non-hydrogen) atoms. The molecule has 0 atom stereocenters. The third-order valence-electron chi connectivity index (χ3n) is 1.86. The molecule has 1 aromatic rings. The molecular formula is C11H9BrFNO2. The van der Waals surface area contributed by atoms with Crippen molar-refractivity contribution in [2.75, 3.05) is 6.61 Å². The Morgan fingerprint density at radius 1 is 1.62 bits per heavy atom. The molecule has 0 bridgehead atoms. The van der Waals surface area contributed by atoms with Gasteiger partial charge in [0, 0.05) is 0 Å². The average Bonchev–Trinajstić information content (AvgIpc) is 2.23. The van der Waals surface area contributed by atoms with Crippen LogP contribution in [0.1, 0.15) is 18.1 Å². The van der Waals surface area contributed by atoms with Crippen LogP contribution < -0.4 is 0 Å². The molecule has 0 radical (unpaired) electrons. The molecule has 1 aromatic carbocycles. The summed E-state index contributed by atoms with van der Waals surface area (Å²) in [5.41, 5.74) is 0.593. The van der Waals surface area contributed by atoms with Crippen LogP contribution in [0.5, 0.6) is 0 Å². The summed E-state index contributed by atoms with van der Waals surface area (Å²) in [6.07, 6.45) is -0.0350. The summed E-state index contributed by atoms with van der Waals surface area (Å²) < 4.78 is 18.2. The number of halogens is 2. The summed E-state index contributed by atoms with van der Waals surface area (Å²) in [5.74, 6) is -0.994. The molecule has 5 heteroatoms. The number of carbonyl (C=O) groups is 1. The van der Waals surface area contributed by atoms with Gasteiger partial charge in [0.15, 0.2) is 0 Å². The van der Waals surface area contributed by atoms with E-state index < -0.39 is 11.8 Å². The van der Waals surface area contributed by atoms with Crippen LogP contribution in [0.15, 0.2) is 16.6 Å². The lowest BCUT2D eigenvalue weighted by atomic mass is 10.1. The second-order valence-corrected chi connectivity index (χ2v) is 3.83. The monoisotopic (exact) mass is 285 g/mol. The van der Waals surface area contributed by atoms with Gasteiger partial charge in [0.05, 0.1) is 23.1 Å². The molecule has 0 aliphatic heterocycles. The van der Waals surface area contributed by atoms with Crippen molar-refractivity contribution in [1.29, 1.82) is 5.26 Å². The van der Waals surface area contributed by atoms with Gasteiger partial charge in [-0.05, 0) is 40.5 Å². The minimum Gasteiger partial charge on any atom is -0.466 e. The Bertz CT molecular complexity index is 454. The third kappa shape index (κ3) is 3.04. The molecule has 0 N–H and O–H groups in total. The van der Waals surface area contributed by atoms with E-state index in [2.05, 4.69) is 15.9 Å². The molecule has 0 aliphatic carbocycles. The number of carbonyl (C=O) groups excluding carboxylic acids is 1. The minimum atomic E-state index is -0.557. The van der Waals surface area contributed by atoms with E-state index in [0.717, 1.165) is 0 Å². The van der Waals surface area contributed by atoms with E-state index in [0.29, 0.717) is 5.56 Å². The van der Waals surface area contributed by atoms with Crippen LogP contribution in [0.3, 0.4) is 0 Å². The fourth-order valence-electron chi connectivity index (χ4n) is 1.21. The van der Waals surface area contributed by atoms with E-state index in [1.165, 1.54) is 12.1 Å². The second kappa shape index (κ2) is 5.61.